The van der Waals surface area contributed by atoms with Crippen LogP contribution in [0.2, 0.25) is 0 Å². The van der Waals surface area contributed by atoms with Crippen molar-refractivity contribution in [2.45, 2.75) is 18.2 Å². The second kappa shape index (κ2) is 5.62. The normalized spacial score (nSPS) is 22.3. The molecule has 0 saturated heterocycles. The second-order valence-electron chi connectivity index (χ2n) is 4.76. The van der Waals surface area contributed by atoms with E-state index in [1.165, 1.54) is 11.1 Å². The maximum Gasteiger partial charge on any atom is 0.199 e. The summed E-state index contributed by atoms with van der Waals surface area (Å²) in [6.45, 7) is 3.27. The highest BCUT2D eigenvalue weighted by Crippen LogP contribution is 2.45. The van der Waals surface area contributed by atoms with Crippen molar-refractivity contribution >= 4 is 17.3 Å². The molecule has 0 aromatic heterocycles. The quantitative estimate of drug-likeness (QED) is 0.751. The van der Waals surface area contributed by atoms with Gasteiger partial charge >= 0.3 is 0 Å². The topological polar surface area (TPSA) is 3.01 Å². The molecule has 0 fully saturated rings. The van der Waals surface area contributed by atoms with Crippen LogP contribution < -0.4 is 0 Å². The summed E-state index contributed by atoms with van der Waals surface area (Å²) in [6, 6.07) is 22.1. The van der Waals surface area contributed by atoms with E-state index < -0.39 is 0 Å². The number of thioether (sulfide) groups is 1. The van der Waals surface area contributed by atoms with E-state index in [1.807, 2.05) is 11.8 Å². The maximum absolute atomic E-state index is 2.44. The molecule has 2 aromatic rings. The number of rotatable bonds is 3. The Hall–Kier alpha value is -1.54. The largest absolute Gasteiger partial charge is 0.222 e. The van der Waals surface area contributed by atoms with Crippen LogP contribution >= 0.6 is 11.8 Å². The van der Waals surface area contributed by atoms with Gasteiger partial charge in [-0.2, -0.15) is 0 Å². The molecule has 0 N–H and O–H groups in total. The molecule has 96 valence electrons. The van der Waals surface area contributed by atoms with E-state index in [-0.39, 0.29) is 0 Å². The Labute approximate surface area is 119 Å². The number of nitrogens with zero attached hydrogens (tertiary/aromatic N) is 1. The lowest BCUT2D eigenvalue weighted by Crippen LogP contribution is -2.18. The summed E-state index contributed by atoms with van der Waals surface area (Å²) in [5.74, 6) is 0. The van der Waals surface area contributed by atoms with Crippen molar-refractivity contribution in [3.63, 3.8) is 0 Å². The van der Waals surface area contributed by atoms with E-state index in [2.05, 4.69) is 77.7 Å². The fraction of sp³-hybridized carbons (Fsp3) is 0.235. The minimum Gasteiger partial charge on any atom is -0.222 e. The van der Waals surface area contributed by atoms with Crippen LogP contribution in [0.4, 0.5) is 0 Å². The summed E-state index contributed by atoms with van der Waals surface area (Å²) in [7, 11) is 0. The summed E-state index contributed by atoms with van der Waals surface area (Å²) in [5, 5.41) is 0.489. The highest BCUT2D eigenvalue weighted by atomic mass is 32.2. The van der Waals surface area contributed by atoms with Crippen LogP contribution in [0.25, 0.3) is 0 Å². The van der Waals surface area contributed by atoms with Crippen LogP contribution in [-0.2, 0) is 0 Å². The van der Waals surface area contributed by atoms with E-state index >= 15 is 0 Å². The summed E-state index contributed by atoms with van der Waals surface area (Å²) >= 11 is 1.93. The van der Waals surface area contributed by atoms with Gasteiger partial charge in [-0.05, 0) is 12.5 Å². The second-order valence-corrected chi connectivity index (χ2v) is 5.75. The average Bonchev–Trinajstić information content (AvgIpc) is 2.93. The zero-order valence-electron chi connectivity index (χ0n) is 11.1. The van der Waals surface area contributed by atoms with E-state index in [4.69, 9.17) is 0 Å². The average molecular weight is 268 g/mol. The Morgan fingerprint density at radius 1 is 0.895 bits per heavy atom. The lowest BCUT2D eigenvalue weighted by Gasteiger charge is -2.17. The molecule has 0 aliphatic carbocycles. The zero-order chi connectivity index (χ0) is 13.1. The molecule has 0 radical (unpaired) electrons. The smallest absolute Gasteiger partial charge is 0.199 e. The van der Waals surface area contributed by atoms with Gasteiger partial charge < -0.3 is 0 Å². The number of hydrogen-bond acceptors (Lipinski definition) is 1. The Bertz CT molecular complexity index is 562. The minimum atomic E-state index is 0.443. The SMILES string of the molecule is CC[N+]1=CSC(c2ccccc2)C1c1ccccc1. The first-order valence-corrected chi connectivity index (χ1v) is 7.69. The molecule has 1 aliphatic heterocycles. The molecule has 1 nitrogen and oxygen atoms in total. The van der Waals surface area contributed by atoms with Crippen molar-refractivity contribution in [3.8, 4) is 0 Å². The van der Waals surface area contributed by atoms with Gasteiger partial charge in [-0.25, -0.2) is 4.58 Å². The summed E-state index contributed by atoms with van der Waals surface area (Å²) in [6.07, 6.45) is 0. The molecule has 1 heterocycles. The first kappa shape index (κ1) is 12.5. The van der Waals surface area contributed by atoms with Gasteiger partial charge in [0.05, 0.1) is 0 Å². The lowest BCUT2D eigenvalue weighted by molar-refractivity contribution is -0.560. The van der Waals surface area contributed by atoms with Gasteiger partial charge in [-0.15, -0.1) is 0 Å². The molecule has 0 amide bonds. The Morgan fingerprint density at radius 2 is 1.47 bits per heavy atom. The molecule has 2 heteroatoms. The fourth-order valence-electron chi connectivity index (χ4n) is 2.65. The third-order valence-electron chi connectivity index (χ3n) is 3.62. The molecular weight excluding hydrogens is 250 g/mol. The van der Waals surface area contributed by atoms with Crippen LogP contribution in [0.3, 0.4) is 0 Å². The Balaban J connectivity index is 1.98. The molecule has 1 aliphatic rings. The van der Waals surface area contributed by atoms with Gasteiger partial charge in [0.2, 0.25) is 0 Å². The minimum absolute atomic E-state index is 0.443. The van der Waals surface area contributed by atoms with Crippen molar-refractivity contribution in [2.24, 2.45) is 0 Å². The summed E-state index contributed by atoms with van der Waals surface area (Å²) < 4.78 is 2.44. The molecule has 0 saturated carbocycles. The summed E-state index contributed by atoms with van der Waals surface area (Å²) in [4.78, 5) is 0. The Morgan fingerprint density at radius 3 is 2.05 bits per heavy atom. The first-order chi connectivity index (χ1) is 9.40. The maximum atomic E-state index is 2.44. The van der Waals surface area contributed by atoms with Gasteiger partial charge in [0, 0.05) is 5.56 Å². The van der Waals surface area contributed by atoms with E-state index in [9.17, 15) is 0 Å². The molecule has 2 aromatic carbocycles. The van der Waals surface area contributed by atoms with Crippen molar-refractivity contribution in [1.29, 1.82) is 0 Å². The van der Waals surface area contributed by atoms with Gasteiger partial charge in [-0.1, -0.05) is 72.4 Å². The molecule has 3 rings (SSSR count). The predicted octanol–water partition coefficient (Wildman–Crippen LogP) is 4.28. The van der Waals surface area contributed by atoms with Crippen LogP contribution in [0, 0.1) is 0 Å². The number of benzene rings is 2. The standard InChI is InChI=1S/C17H18NS/c1-2-18-13-19-17(15-11-7-4-8-12-15)16(18)14-9-5-3-6-10-14/h3-13,16-17H,2H2,1H3/q+1. The fourth-order valence-corrected chi connectivity index (χ4v) is 3.99. The van der Waals surface area contributed by atoms with Crippen molar-refractivity contribution in [3.05, 3.63) is 71.8 Å². The molecular formula is C17H18NS+. The van der Waals surface area contributed by atoms with Gasteiger partial charge in [-0.3, -0.25) is 0 Å². The van der Waals surface area contributed by atoms with E-state index in [0.29, 0.717) is 11.3 Å². The van der Waals surface area contributed by atoms with Crippen LogP contribution in [-0.4, -0.2) is 16.7 Å². The Kier molecular flexibility index (Phi) is 3.69. The molecule has 0 spiro atoms. The monoisotopic (exact) mass is 268 g/mol. The summed E-state index contributed by atoms with van der Waals surface area (Å²) in [5.41, 5.74) is 5.10. The highest BCUT2D eigenvalue weighted by Gasteiger charge is 2.38. The zero-order valence-corrected chi connectivity index (χ0v) is 11.9. The van der Waals surface area contributed by atoms with Crippen LogP contribution in [0.5, 0.6) is 0 Å². The van der Waals surface area contributed by atoms with Gasteiger partial charge in [0.15, 0.2) is 11.6 Å². The third kappa shape index (κ3) is 2.45. The van der Waals surface area contributed by atoms with E-state index in [1.54, 1.807) is 0 Å². The third-order valence-corrected chi connectivity index (χ3v) is 4.84. The molecule has 2 unspecified atom stereocenters. The molecule has 0 bridgehead atoms. The van der Waals surface area contributed by atoms with E-state index in [0.717, 1.165) is 6.54 Å². The lowest BCUT2D eigenvalue weighted by atomic mass is 9.98. The number of likely N-dealkylation sites (N-methyl/N-ethyl adjacent to an activating group) is 1. The van der Waals surface area contributed by atoms with Crippen LogP contribution in [0.15, 0.2) is 60.7 Å². The molecule has 2 atom stereocenters. The van der Waals surface area contributed by atoms with Gasteiger partial charge in [0.25, 0.3) is 0 Å². The number of hydrogen-bond donors (Lipinski definition) is 0. The predicted molar refractivity (Wildman–Crippen MR) is 82.8 cm³/mol. The van der Waals surface area contributed by atoms with Crippen LogP contribution in [0.1, 0.15) is 29.3 Å². The van der Waals surface area contributed by atoms with Crippen molar-refractivity contribution in [2.75, 3.05) is 6.54 Å². The van der Waals surface area contributed by atoms with Crippen molar-refractivity contribution in [1.82, 2.24) is 0 Å². The highest BCUT2D eigenvalue weighted by molar-refractivity contribution is 8.12. The first-order valence-electron chi connectivity index (χ1n) is 6.74. The molecule has 19 heavy (non-hydrogen) atoms. The van der Waals surface area contributed by atoms with Gasteiger partial charge in [0.1, 0.15) is 11.8 Å². The van der Waals surface area contributed by atoms with Crippen molar-refractivity contribution < 1.29 is 4.58 Å².